The third-order valence-electron chi connectivity index (χ3n) is 2.84. The Morgan fingerprint density at radius 1 is 1.12 bits per heavy atom. The average Bonchev–Trinajstić information content (AvgIpc) is 2.25. The van der Waals surface area contributed by atoms with Gasteiger partial charge in [-0.15, -0.1) is 0 Å². The minimum atomic E-state index is -0.102. The van der Waals surface area contributed by atoms with Crippen molar-refractivity contribution in [2.45, 2.75) is 38.6 Å². The molecule has 17 heavy (non-hydrogen) atoms. The van der Waals surface area contributed by atoms with Gasteiger partial charge in [0.2, 0.25) is 0 Å². The first-order chi connectivity index (χ1) is 8.05. The molecule has 0 aliphatic heterocycles. The SMILES string of the molecule is CCCC(C)(N)CN(CCCOC)CCOC. The smallest absolute Gasteiger partial charge is 0.0589 e. The van der Waals surface area contributed by atoms with Crippen molar-refractivity contribution in [3.05, 3.63) is 0 Å². The summed E-state index contributed by atoms with van der Waals surface area (Å²) in [6.45, 7) is 8.76. The van der Waals surface area contributed by atoms with E-state index in [0.29, 0.717) is 0 Å². The Labute approximate surface area is 106 Å². The number of hydrogen-bond donors (Lipinski definition) is 1. The van der Waals surface area contributed by atoms with Gasteiger partial charge < -0.3 is 15.2 Å². The van der Waals surface area contributed by atoms with Gasteiger partial charge in [-0.3, -0.25) is 4.90 Å². The lowest BCUT2D eigenvalue weighted by Gasteiger charge is -2.32. The van der Waals surface area contributed by atoms with E-state index < -0.39 is 0 Å². The fraction of sp³-hybridized carbons (Fsp3) is 1.00. The van der Waals surface area contributed by atoms with E-state index in [1.54, 1.807) is 14.2 Å². The lowest BCUT2D eigenvalue weighted by molar-refractivity contribution is 0.117. The van der Waals surface area contributed by atoms with Crippen LogP contribution in [0.4, 0.5) is 0 Å². The zero-order chi connectivity index (χ0) is 13.1. The second-order valence-corrected chi connectivity index (χ2v) is 5.02. The monoisotopic (exact) mass is 246 g/mol. The van der Waals surface area contributed by atoms with Gasteiger partial charge in [-0.1, -0.05) is 13.3 Å². The van der Waals surface area contributed by atoms with E-state index in [1.807, 2.05) is 0 Å². The largest absolute Gasteiger partial charge is 0.385 e. The van der Waals surface area contributed by atoms with Crippen molar-refractivity contribution in [3.8, 4) is 0 Å². The first-order valence-corrected chi connectivity index (χ1v) is 6.55. The number of hydrogen-bond acceptors (Lipinski definition) is 4. The first-order valence-electron chi connectivity index (χ1n) is 6.55. The van der Waals surface area contributed by atoms with Crippen molar-refractivity contribution in [3.63, 3.8) is 0 Å². The molecule has 4 heteroatoms. The third kappa shape index (κ3) is 9.53. The molecule has 1 atom stereocenters. The molecular formula is C13H30N2O2. The zero-order valence-corrected chi connectivity index (χ0v) is 12.0. The second kappa shape index (κ2) is 9.83. The highest BCUT2D eigenvalue weighted by Crippen LogP contribution is 2.11. The van der Waals surface area contributed by atoms with Crippen LogP contribution < -0.4 is 5.73 Å². The van der Waals surface area contributed by atoms with Crippen molar-refractivity contribution < 1.29 is 9.47 Å². The molecule has 0 aliphatic rings. The summed E-state index contributed by atoms with van der Waals surface area (Å²) in [5.41, 5.74) is 6.19. The Balaban J connectivity index is 4.06. The fourth-order valence-electron chi connectivity index (χ4n) is 2.08. The van der Waals surface area contributed by atoms with Crippen LogP contribution in [0.1, 0.15) is 33.1 Å². The van der Waals surface area contributed by atoms with Crippen LogP contribution in [-0.2, 0) is 9.47 Å². The van der Waals surface area contributed by atoms with E-state index in [9.17, 15) is 0 Å². The van der Waals surface area contributed by atoms with E-state index in [1.165, 1.54) is 0 Å². The van der Waals surface area contributed by atoms with E-state index >= 15 is 0 Å². The Morgan fingerprint density at radius 2 is 1.76 bits per heavy atom. The number of nitrogens with zero attached hydrogens (tertiary/aromatic N) is 1. The first kappa shape index (κ1) is 16.8. The maximum absolute atomic E-state index is 6.29. The van der Waals surface area contributed by atoms with Crippen molar-refractivity contribution >= 4 is 0 Å². The Hall–Kier alpha value is -0.160. The minimum Gasteiger partial charge on any atom is -0.385 e. The molecule has 0 rings (SSSR count). The van der Waals surface area contributed by atoms with Gasteiger partial charge >= 0.3 is 0 Å². The maximum atomic E-state index is 6.29. The van der Waals surface area contributed by atoms with Crippen LogP contribution in [0.5, 0.6) is 0 Å². The highest BCUT2D eigenvalue weighted by Gasteiger charge is 2.20. The molecule has 1 unspecified atom stereocenters. The van der Waals surface area contributed by atoms with Gasteiger partial charge in [-0.05, 0) is 19.8 Å². The summed E-state index contributed by atoms with van der Waals surface area (Å²) in [7, 11) is 3.48. The van der Waals surface area contributed by atoms with Crippen LogP contribution in [0.2, 0.25) is 0 Å². The predicted molar refractivity (Wildman–Crippen MR) is 72.3 cm³/mol. The van der Waals surface area contributed by atoms with E-state index in [2.05, 4.69) is 18.7 Å². The summed E-state index contributed by atoms with van der Waals surface area (Å²) in [4.78, 5) is 2.37. The zero-order valence-electron chi connectivity index (χ0n) is 12.0. The Kier molecular flexibility index (Phi) is 9.74. The highest BCUT2D eigenvalue weighted by molar-refractivity contribution is 4.82. The number of methoxy groups -OCH3 is 2. The molecule has 104 valence electrons. The third-order valence-corrected chi connectivity index (χ3v) is 2.84. The van der Waals surface area contributed by atoms with Crippen molar-refractivity contribution in [1.82, 2.24) is 4.90 Å². The van der Waals surface area contributed by atoms with Gasteiger partial charge in [-0.25, -0.2) is 0 Å². The average molecular weight is 246 g/mol. The summed E-state index contributed by atoms with van der Waals surface area (Å²) >= 11 is 0. The molecule has 0 aromatic rings. The van der Waals surface area contributed by atoms with Gasteiger partial charge in [0.1, 0.15) is 0 Å². The molecule has 0 aromatic heterocycles. The number of rotatable bonds is 11. The number of ether oxygens (including phenoxy) is 2. The summed E-state index contributed by atoms with van der Waals surface area (Å²) < 4.78 is 10.2. The predicted octanol–water partition coefficient (Wildman–Crippen LogP) is 1.49. The van der Waals surface area contributed by atoms with Gasteiger partial charge in [0, 0.05) is 46.0 Å². The van der Waals surface area contributed by atoms with Crippen molar-refractivity contribution in [2.24, 2.45) is 5.73 Å². The minimum absolute atomic E-state index is 0.102. The molecule has 0 bridgehead atoms. The van der Waals surface area contributed by atoms with Crippen LogP contribution in [0.25, 0.3) is 0 Å². The summed E-state index contributed by atoms with van der Waals surface area (Å²) in [6, 6.07) is 0. The topological polar surface area (TPSA) is 47.7 Å². The molecule has 2 N–H and O–H groups in total. The van der Waals surface area contributed by atoms with E-state index in [0.717, 1.165) is 52.1 Å². The maximum Gasteiger partial charge on any atom is 0.0589 e. The second-order valence-electron chi connectivity index (χ2n) is 5.02. The molecule has 0 saturated heterocycles. The molecule has 0 spiro atoms. The molecule has 0 radical (unpaired) electrons. The molecule has 4 nitrogen and oxygen atoms in total. The van der Waals surface area contributed by atoms with E-state index in [4.69, 9.17) is 15.2 Å². The van der Waals surface area contributed by atoms with Crippen LogP contribution in [0.15, 0.2) is 0 Å². The molecule has 0 fully saturated rings. The summed E-state index contributed by atoms with van der Waals surface area (Å²) in [5, 5.41) is 0. The Bertz CT molecular complexity index is 175. The van der Waals surface area contributed by atoms with E-state index in [-0.39, 0.29) is 5.54 Å². The molecule has 0 heterocycles. The normalized spacial score (nSPS) is 15.2. The highest BCUT2D eigenvalue weighted by atomic mass is 16.5. The molecule has 0 saturated carbocycles. The van der Waals surface area contributed by atoms with Gasteiger partial charge in [0.05, 0.1) is 6.61 Å². The van der Waals surface area contributed by atoms with Crippen LogP contribution >= 0.6 is 0 Å². The summed E-state index contributed by atoms with van der Waals surface area (Å²) in [6.07, 6.45) is 3.23. The van der Waals surface area contributed by atoms with Crippen molar-refractivity contribution in [2.75, 3.05) is 47.1 Å². The van der Waals surface area contributed by atoms with Crippen LogP contribution in [0, 0.1) is 0 Å². The Morgan fingerprint density at radius 3 is 2.29 bits per heavy atom. The quantitative estimate of drug-likeness (QED) is 0.561. The van der Waals surface area contributed by atoms with Gasteiger partial charge in [0.15, 0.2) is 0 Å². The molecular weight excluding hydrogens is 216 g/mol. The van der Waals surface area contributed by atoms with Crippen LogP contribution in [0.3, 0.4) is 0 Å². The summed E-state index contributed by atoms with van der Waals surface area (Å²) in [5.74, 6) is 0. The standard InChI is InChI=1S/C13H30N2O2/c1-5-7-13(2,14)12-15(9-11-17-4)8-6-10-16-3/h5-12,14H2,1-4H3. The molecule has 0 amide bonds. The fourth-order valence-corrected chi connectivity index (χ4v) is 2.08. The molecule has 0 aliphatic carbocycles. The number of nitrogens with two attached hydrogens (primary N) is 1. The van der Waals surface area contributed by atoms with Crippen molar-refractivity contribution in [1.29, 1.82) is 0 Å². The lowest BCUT2D eigenvalue weighted by Crippen LogP contribution is -2.48. The molecule has 0 aromatic carbocycles. The van der Waals surface area contributed by atoms with Gasteiger partial charge in [-0.2, -0.15) is 0 Å². The lowest BCUT2D eigenvalue weighted by atomic mass is 9.97. The van der Waals surface area contributed by atoms with Crippen LogP contribution in [-0.4, -0.2) is 57.5 Å². The van der Waals surface area contributed by atoms with Gasteiger partial charge in [0.25, 0.3) is 0 Å².